The Morgan fingerprint density at radius 3 is 1.63 bits per heavy atom. The molecule has 5 fully saturated rings. The highest BCUT2D eigenvalue weighted by Crippen LogP contribution is 2.39. The lowest BCUT2D eigenvalue weighted by Crippen LogP contribution is -2.52. The molecular weight excluding hydrogens is 1010 g/mol. The van der Waals surface area contributed by atoms with Crippen molar-refractivity contribution in [1.29, 1.82) is 0 Å². The largest absolute Gasteiger partial charge is 0.422 e. The molecule has 0 atom stereocenters. The van der Waals surface area contributed by atoms with E-state index in [1.807, 2.05) is 60.2 Å². The van der Waals surface area contributed by atoms with Crippen LogP contribution in [0.15, 0.2) is 82.2 Å². The number of oxazole rings is 2. The molecule has 0 radical (unpaired) electrons. The number of rotatable bonds is 13. The molecule has 8 aromatic heterocycles. The van der Waals surface area contributed by atoms with E-state index in [0.717, 1.165) is 95.9 Å². The highest BCUT2D eigenvalue weighted by Gasteiger charge is 2.42. The molecule has 79 heavy (non-hydrogen) atoms. The van der Waals surface area contributed by atoms with Gasteiger partial charge >= 0.3 is 0 Å². The lowest BCUT2D eigenvalue weighted by Gasteiger charge is -2.48. The summed E-state index contributed by atoms with van der Waals surface area (Å²) in [6.07, 6.45) is 11.2. The zero-order valence-corrected chi connectivity index (χ0v) is 44.7. The Hall–Kier alpha value is -8.06. The molecule has 0 aromatic carbocycles. The Kier molecular flexibility index (Phi) is 13.2. The van der Waals surface area contributed by atoms with E-state index in [4.69, 9.17) is 38.5 Å². The quantitative estimate of drug-likeness (QED) is 0.137. The zero-order chi connectivity index (χ0) is 53.8. The first-order valence-corrected chi connectivity index (χ1v) is 27.3. The van der Waals surface area contributed by atoms with Gasteiger partial charge in [-0.1, -0.05) is 12.1 Å². The number of fused-ring (bicyclic) bond motifs is 2. The minimum atomic E-state index is -0.794. The summed E-state index contributed by atoms with van der Waals surface area (Å²) in [4.78, 5) is 70.7. The third-order valence-corrected chi connectivity index (χ3v) is 16.2. The molecule has 13 heterocycles. The van der Waals surface area contributed by atoms with Gasteiger partial charge < -0.3 is 53.8 Å². The molecule has 8 aromatic rings. The second kappa shape index (κ2) is 20.6. The maximum atomic E-state index is 14.3. The van der Waals surface area contributed by atoms with Crippen LogP contribution in [0, 0.1) is 0 Å². The van der Waals surface area contributed by atoms with Crippen LogP contribution >= 0.6 is 0 Å². The van der Waals surface area contributed by atoms with Crippen LogP contribution in [0.5, 0.6) is 0 Å². The molecule has 5 saturated heterocycles. The highest BCUT2D eigenvalue weighted by atomic mass is 16.5. The number of hydrogen-bond acceptors (Lipinski definition) is 20. The van der Waals surface area contributed by atoms with Gasteiger partial charge in [-0.15, -0.1) is 0 Å². The van der Waals surface area contributed by atoms with Crippen molar-refractivity contribution in [3.05, 3.63) is 84.4 Å². The first kappa shape index (κ1) is 50.4. The van der Waals surface area contributed by atoms with Gasteiger partial charge in [0, 0.05) is 128 Å². The number of aliphatic hydroxyl groups is 1. The van der Waals surface area contributed by atoms with E-state index in [0.29, 0.717) is 126 Å². The Balaban J connectivity index is 0.652. The Morgan fingerprint density at radius 1 is 0.595 bits per heavy atom. The van der Waals surface area contributed by atoms with Crippen LogP contribution in [-0.4, -0.2) is 186 Å². The summed E-state index contributed by atoms with van der Waals surface area (Å²) < 4.78 is 22.3. The fourth-order valence-corrected chi connectivity index (χ4v) is 11.2. The lowest BCUT2D eigenvalue weighted by atomic mass is 9.84. The molecule has 24 heteroatoms. The summed E-state index contributed by atoms with van der Waals surface area (Å²) in [6.45, 7) is 12.9. The SMILES string of the molecule is CN1CCN(c2nc3nc(N4CCC5(CCO5)CC4)c(C(=O)Nc4cccc(-c5cnn(CCN6CCN(c7nc8nc(N9CCC(C)(O)CC9)c(C(=O)Nc9cccc(-c%10cnn(C)c%10)n9)cc8o7)CC6)c5)n4)cc3o2)CC1. The van der Waals surface area contributed by atoms with Gasteiger partial charge in [0.25, 0.3) is 23.8 Å². The molecule has 0 unspecified atom stereocenters. The van der Waals surface area contributed by atoms with Crippen molar-refractivity contribution < 1.29 is 28.3 Å². The van der Waals surface area contributed by atoms with Crippen molar-refractivity contribution >= 4 is 69.6 Å². The summed E-state index contributed by atoms with van der Waals surface area (Å²) in [5, 5.41) is 25.7. The minimum Gasteiger partial charge on any atom is -0.422 e. The van der Waals surface area contributed by atoms with Crippen molar-refractivity contribution in [2.45, 2.75) is 56.8 Å². The second-order valence-corrected chi connectivity index (χ2v) is 21.8. The number of nitrogens with zero attached hydrogens (tertiary/aromatic N) is 16. The summed E-state index contributed by atoms with van der Waals surface area (Å²) in [5.74, 6) is 1.14. The van der Waals surface area contributed by atoms with Gasteiger partial charge in [-0.05, 0) is 70.3 Å². The van der Waals surface area contributed by atoms with Gasteiger partial charge in [0.2, 0.25) is 11.3 Å². The van der Waals surface area contributed by atoms with Crippen LogP contribution in [-0.2, 0) is 18.3 Å². The van der Waals surface area contributed by atoms with Crippen molar-refractivity contribution in [3.63, 3.8) is 0 Å². The average Bonchev–Trinajstić information content (AvgIpc) is 4.35. The summed E-state index contributed by atoms with van der Waals surface area (Å²) in [6, 6.07) is 15.5. The third kappa shape index (κ3) is 10.5. The summed E-state index contributed by atoms with van der Waals surface area (Å²) in [7, 11) is 3.95. The number of ether oxygens (including phenoxy) is 1. The van der Waals surface area contributed by atoms with Crippen molar-refractivity contribution in [2.75, 3.05) is 129 Å². The van der Waals surface area contributed by atoms with Gasteiger partial charge in [-0.3, -0.25) is 23.9 Å². The number of aromatic nitrogens is 10. The number of likely N-dealkylation sites (N-methyl/N-ethyl adjacent to an activating group) is 1. The maximum Gasteiger partial charge on any atom is 0.300 e. The van der Waals surface area contributed by atoms with Crippen molar-refractivity contribution in [2.24, 2.45) is 7.05 Å². The third-order valence-electron chi connectivity index (χ3n) is 16.2. The van der Waals surface area contributed by atoms with Gasteiger partial charge in [0.05, 0.1) is 59.3 Å². The predicted molar refractivity (Wildman–Crippen MR) is 297 cm³/mol. The molecule has 13 rings (SSSR count). The molecule has 2 amide bonds. The average molecular weight is 1070 g/mol. The number of pyridine rings is 4. The number of aryl methyl sites for hydroxylation is 1. The highest BCUT2D eigenvalue weighted by molar-refractivity contribution is 6.09. The van der Waals surface area contributed by atoms with Crippen LogP contribution in [0.25, 0.3) is 45.0 Å². The Labute approximate surface area is 455 Å². The van der Waals surface area contributed by atoms with E-state index >= 15 is 0 Å². The smallest absolute Gasteiger partial charge is 0.300 e. The molecular formula is C55H64N18O6. The number of carbonyl (C=O) groups is 2. The number of piperidine rings is 2. The standard InChI is InChI=1S/C55H64N18O6/c1-54(76)10-15-69(16-11-54)48-38(50(74)60-44-8-4-6-40(58-44)36-32-56-67(3)34-36)30-43-46(62-48)65-53(79-43)72-26-21-68(22-27-72)23-28-73-35-37(33-57-73)41-7-5-9-45(59-41)61-51(75)39-31-42-47(64-52(78-42)71-24-19-66(2)20-25-71)63-49(39)70-17-12-55(13-18-70)14-29-77-55/h4-9,30-35,76H,10-29H2,1-3H3,(H,58,60,74)(H,59,61,75). The lowest BCUT2D eigenvalue weighted by molar-refractivity contribution is -0.158. The van der Waals surface area contributed by atoms with E-state index in [1.165, 1.54) is 0 Å². The van der Waals surface area contributed by atoms with E-state index in [2.05, 4.69) is 57.4 Å². The van der Waals surface area contributed by atoms with Crippen molar-refractivity contribution in [3.8, 4) is 22.5 Å². The molecule has 410 valence electrons. The molecule has 0 bridgehead atoms. The van der Waals surface area contributed by atoms with Gasteiger partial charge in [0.15, 0.2) is 11.2 Å². The second-order valence-electron chi connectivity index (χ2n) is 21.8. The summed E-state index contributed by atoms with van der Waals surface area (Å²) >= 11 is 0. The molecule has 3 N–H and O–H groups in total. The van der Waals surface area contributed by atoms with Crippen LogP contribution in [0.1, 0.15) is 59.7 Å². The van der Waals surface area contributed by atoms with E-state index < -0.39 is 5.60 Å². The molecule has 5 aliphatic heterocycles. The molecule has 0 saturated carbocycles. The number of piperazine rings is 2. The molecule has 24 nitrogen and oxygen atoms in total. The van der Waals surface area contributed by atoms with E-state index in [1.54, 1.807) is 41.3 Å². The van der Waals surface area contributed by atoms with Crippen LogP contribution < -0.4 is 30.2 Å². The first-order chi connectivity index (χ1) is 38.3. The fourth-order valence-electron chi connectivity index (χ4n) is 11.2. The van der Waals surface area contributed by atoms with Crippen LogP contribution in [0.2, 0.25) is 0 Å². The van der Waals surface area contributed by atoms with Crippen molar-refractivity contribution in [1.82, 2.24) is 59.3 Å². The van der Waals surface area contributed by atoms with Gasteiger partial charge in [-0.25, -0.2) is 19.9 Å². The van der Waals surface area contributed by atoms with E-state index in [9.17, 15) is 14.7 Å². The normalized spacial score (nSPS) is 18.9. The minimum absolute atomic E-state index is 0.0635. The monoisotopic (exact) mass is 1070 g/mol. The Morgan fingerprint density at radius 2 is 1.11 bits per heavy atom. The first-order valence-electron chi connectivity index (χ1n) is 27.3. The molecule has 5 aliphatic rings. The van der Waals surface area contributed by atoms with Gasteiger partial charge in [-0.2, -0.15) is 20.2 Å². The fraction of sp³-hybridized carbons (Fsp3) is 0.455. The van der Waals surface area contributed by atoms with Gasteiger partial charge in [0.1, 0.15) is 23.3 Å². The number of amides is 2. The van der Waals surface area contributed by atoms with Crippen LogP contribution in [0.4, 0.5) is 35.3 Å². The molecule has 0 aliphatic carbocycles. The van der Waals surface area contributed by atoms with Crippen LogP contribution in [0.3, 0.4) is 0 Å². The number of anilines is 6. The number of hydrogen-bond donors (Lipinski definition) is 3. The molecule has 1 spiro atoms. The predicted octanol–water partition coefficient (Wildman–Crippen LogP) is 5.00. The topological polar surface area (TPSA) is 246 Å². The van der Waals surface area contributed by atoms with E-state index in [-0.39, 0.29) is 17.4 Å². The number of nitrogens with one attached hydrogen (secondary N) is 2. The summed E-state index contributed by atoms with van der Waals surface area (Å²) in [5.41, 5.74) is 4.66. The zero-order valence-electron chi connectivity index (χ0n) is 44.7. The number of carbonyl (C=O) groups excluding carboxylic acids is 2. The maximum absolute atomic E-state index is 14.3. The Bertz CT molecular complexity index is 3530.